The first-order valence-corrected chi connectivity index (χ1v) is 6.72. The summed E-state index contributed by atoms with van der Waals surface area (Å²) in [4.78, 5) is 11.9. The zero-order valence-electron chi connectivity index (χ0n) is 11.9. The number of H-pyrrole nitrogens is 1. The van der Waals surface area contributed by atoms with Gasteiger partial charge in [-0.1, -0.05) is 29.8 Å². The summed E-state index contributed by atoms with van der Waals surface area (Å²) in [6.07, 6.45) is 3.14. The van der Waals surface area contributed by atoms with Crippen LogP contribution in [0.2, 0.25) is 0 Å². The summed E-state index contributed by atoms with van der Waals surface area (Å²) < 4.78 is 5.23. The van der Waals surface area contributed by atoms with Crippen LogP contribution < -0.4 is 5.43 Å². The van der Waals surface area contributed by atoms with E-state index in [2.05, 4.69) is 20.7 Å². The third kappa shape index (κ3) is 3.12. The molecular formula is C16H14N4O2. The minimum absolute atomic E-state index is 0.243. The molecule has 2 aromatic heterocycles. The van der Waals surface area contributed by atoms with Crippen molar-refractivity contribution >= 4 is 12.1 Å². The summed E-state index contributed by atoms with van der Waals surface area (Å²) >= 11 is 0. The van der Waals surface area contributed by atoms with Gasteiger partial charge in [0.05, 0.1) is 12.5 Å². The molecule has 6 nitrogen and oxygen atoms in total. The molecule has 110 valence electrons. The van der Waals surface area contributed by atoms with E-state index in [1.807, 2.05) is 31.2 Å². The van der Waals surface area contributed by atoms with Crippen molar-refractivity contribution in [3.63, 3.8) is 0 Å². The summed E-state index contributed by atoms with van der Waals surface area (Å²) in [5, 5.41) is 10.6. The fourth-order valence-corrected chi connectivity index (χ4v) is 1.87. The van der Waals surface area contributed by atoms with Gasteiger partial charge in [0.2, 0.25) is 0 Å². The highest BCUT2D eigenvalue weighted by Gasteiger charge is 2.11. The predicted octanol–water partition coefficient (Wildman–Crippen LogP) is 2.74. The third-order valence-electron chi connectivity index (χ3n) is 3.05. The molecule has 0 aliphatic heterocycles. The van der Waals surface area contributed by atoms with E-state index >= 15 is 0 Å². The Morgan fingerprint density at radius 3 is 2.86 bits per heavy atom. The second-order valence-electron chi connectivity index (χ2n) is 4.75. The quantitative estimate of drug-likeness (QED) is 0.573. The molecule has 0 aliphatic carbocycles. The number of carbonyl (C=O) groups is 1. The van der Waals surface area contributed by atoms with Crippen molar-refractivity contribution < 1.29 is 9.21 Å². The number of aryl methyl sites for hydroxylation is 1. The average molecular weight is 294 g/mol. The van der Waals surface area contributed by atoms with Gasteiger partial charge in [-0.3, -0.25) is 9.89 Å². The largest absolute Gasteiger partial charge is 0.463 e. The van der Waals surface area contributed by atoms with E-state index in [0.717, 1.165) is 5.56 Å². The van der Waals surface area contributed by atoms with Crippen molar-refractivity contribution in [3.05, 3.63) is 65.5 Å². The summed E-state index contributed by atoms with van der Waals surface area (Å²) in [5.74, 6) is 0.229. The summed E-state index contributed by atoms with van der Waals surface area (Å²) in [7, 11) is 0. The van der Waals surface area contributed by atoms with Gasteiger partial charge in [-0.25, -0.2) is 5.43 Å². The van der Waals surface area contributed by atoms with E-state index in [1.165, 1.54) is 5.56 Å². The third-order valence-corrected chi connectivity index (χ3v) is 3.05. The molecule has 0 spiro atoms. The van der Waals surface area contributed by atoms with Gasteiger partial charge in [-0.2, -0.15) is 10.2 Å². The molecule has 0 bridgehead atoms. The number of amides is 1. The molecule has 0 radical (unpaired) electrons. The van der Waals surface area contributed by atoms with Crippen LogP contribution in [0.4, 0.5) is 0 Å². The van der Waals surface area contributed by atoms with Crippen LogP contribution in [0.1, 0.15) is 21.6 Å². The first-order valence-electron chi connectivity index (χ1n) is 6.72. The van der Waals surface area contributed by atoms with Gasteiger partial charge in [0.25, 0.3) is 5.91 Å². The van der Waals surface area contributed by atoms with Crippen LogP contribution in [0.15, 0.2) is 58.2 Å². The Labute approximate surface area is 126 Å². The van der Waals surface area contributed by atoms with Gasteiger partial charge in [0, 0.05) is 6.07 Å². The van der Waals surface area contributed by atoms with E-state index in [-0.39, 0.29) is 5.69 Å². The highest BCUT2D eigenvalue weighted by atomic mass is 16.3. The van der Waals surface area contributed by atoms with Crippen molar-refractivity contribution in [1.29, 1.82) is 0 Å². The molecule has 22 heavy (non-hydrogen) atoms. The lowest BCUT2D eigenvalue weighted by atomic mass is 10.2. The standard InChI is InChI=1S/C16H14N4O2/c1-11-4-6-12(7-5-11)10-17-20-16(21)14-9-13(18-19-14)15-3-2-8-22-15/h2-10H,1H3,(H,18,19)(H,20,21). The van der Waals surface area contributed by atoms with Gasteiger partial charge >= 0.3 is 0 Å². The molecule has 0 unspecified atom stereocenters. The molecule has 3 rings (SSSR count). The first kappa shape index (κ1) is 13.8. The summed E-state index contributed by atoms with van der Waals surface area (Å²) in [6, 6.07) is 13.0. The van der Waals surface area contributed by atoms with E-state index in [4.69, 9.17) is 4.42 Å². The molecule has 2 heterocycles. The van der Waals surface area contributed by atoms with Crippen molar-refractivity contribution in [2.75, 3.05) is 0 Å². The van der Waals surface area contributed by atoms with Crippen molar-refractivity contribution in [2.45, 2.75) is 6.92 Å². The fraction of sp³-hybridized carbons (Fsp3) is 0.0625. The number of nitrogens with zero attached hydrogens (tertiary/aromatic N) is 2. The number of hydrogen-bond acceptors (Lipinski definition) is 4. The number of aromatic nitrogens is 2. The second-order valence-corrected chi connectivity index (χ2v) is 4.75. The fourth-order valence-electron chi connectivity index (χ4n) is 1.87. The Hall–Kier alpha value is -3.15. The number of furan rings is 1. The van der Waals surface area contributed by atoms with E-state index in [0.29, 0.717) is 11.5 Å². The van der Waals surface area contributed by atoms with Gasteiger partial charge in [0.1, 0.15) is 5.69 Å². The zero-order chi connectivity index (χ0) is 15.4. The Morgan fingerprint density at radius 2 is 2.14 bits per heavy atom. The minimum Gasteiger partial charge on any atom is -0.463 e. The number of nitrogens with one attached hydrogen (secondary N) is 2. The lowest BCUT2D eigenvalue weighted by Gasteiger charge is -1.96. The Kier molecular flexibility index (Phi) is 3.82. The van der Waals surface area contributed by atoms with Crippen LogP contribution in [0.3, 0.4) is 0 Å². The summed E-state index contributed by atoms with van der Waals surface area (Å²) in [5.41, 5.74) is 5.39. The maximum Gasteiger partial charge on any atom is 0.291 e. The molecule has 0 saturated heterocycles. The van der Waals surface area contributed by atoms with Crippen LogP contribution in [0.5, 0.6) is 0 Å². The van der Waals surface area contributed by atoms with E-state index < -0.39 is 5.91 Å². The number of hydrogen-bond donors (Lipinski definition) is 2. The number of benzene rings is 1. The number of carbonyl (C=O) groups excluding carboxylic acids is 1. The molecule has 0 atom stereocenters. The molecule has 1 amide bonds. The normalized spacial score (nSPS) is 11.0. The Balaban J connectivity index is 1.63. The molecular weight excluding hydrogens is 280 g/mol. The first-order chi connectivity index (χ1) is 10.7. The van der Waals surface area contributed by atoms with Crippen molar-refractivity contribution in [3.8, 4) is 11.5 Å². The molecule has 0 fully saturated rings. The molecule has 6 heteroatoms. The maximum atomic E-state index is 11.9. The van der Waals surface area contributed by atoms with Gasteiger partial charge < -0.3 is 4.42 Å². The van der Waals surface area contributed by atoms with Gasteiger partial charge in [0.15, 0.2) is 11.5 Å². The predicted molar refractivity (Wildman–Crippen MR) is 82.5 cm³/mol. The average Bonchev–Trinajstić information content (AvgIpc) is 3.20. The number of rotatable bonds is 4. The lowest BCUT2D eigenvalue weighted by molar-refractivity contribution is 0.0950. The SMILES string of the molecule is Cc1ccc(C=NNC(=O)c2cc(-c3ccco3)[nH]n2)cc1. The van der Waals surface area contributed by atoms with E-state index in [1.54, 1.807) is 30.7 Å². The minimum atomic E-state index is -0.391. The lowest BCUT2D eigenvalue weighted by Crippen LogP contribution is -2.17. The topological polar surface area (TPSA) is 83.3 Å². The highest BCUT2D eigenvalue weighted by Crippen LogP contribution is 2.17. The van der Waals surface area contributed by atoms with Crippen LogP contribution in [-0.4, -0.2) is 22.3 Å². The van der Waals surface area contributed by atoms with Crippen LogP contribution in [-0.2, 0) is 0 Å². The smallest absolute Gasteiger partial charge is 0.291 e. The maximum absolute atomic E-state index is 11.9. The van der Waals surface area contributed by atoms with Crippen LogP contribution >= 0.6 is 0 Å². The van der Waals surface area contributed by atoms with Gasteiger partial charge in [-0.05, 0) is 24.6 Å². The van der Waals surface area contributed by atoms with Crippen molar-refractivity contribution in [1.82, 2.24) is 15.6 Å². The molecule has 0 aliphatic rings. The zero-order valence-corrected chi connectivity index (χ0v) is 11.9. The Morgan fingerprint density at radius 1 is 1.32 bits per heavy atom. The van der Waals surface area contributed by atoms with Gasteiger partial charge in [-0.15, -0.1) is 0 Å². The molecule has 2 N–H and O–H groups in total. The monoisotopic (exact) mass is 294 g/mol. The second kappa shape index (κ2) is 6.09. The highest BCUT2D eigenvalue weighted by molar-refractivity contribution is 5.93. The van der Waals surface area contributed by atoms with Crippen molar-refractivity contribution in [2.24, 2.45) is 5.10 Å². The number of aromatic amines is 1. The van der Waals surface area contributed by atoms with Crippen LogP contribution in [0.25, 0.3) is 11.5 Å². The van der Waals surface area contributed by atoms with Crippen LogP contribution in [0, 0.1) is 6.92 Å². The summed E-state index contributed by atoms with van der Waals surface area (Å²) in [6.45, 7) is 2.01. The number of hydrazone groups is 1. The molecule has 1 aromatic carbocycles. The van der Waals surface area contributed by atoms with E-state index in [9.17, 15) is 4.79 Å². The Bertz CT molecular complexity index is 786. The molecule has 3 aromatic rings. The molecule has 0 saturated carbocycles.